The van der Waals surface area contributed by atoms with Crippen LogP contribution in [0, 0.1) is 0 Å². The molecule has 0 saturated carbocycles. The van der Waals surface area contributed by atoms with Gasteiger partial charge in [0.1, 0.15) is 5.69 Å². The van der Waals surface area contributed by atoms with Crippen molar-refractivity contribution in [2.75, 3.05) is 5.32 Å². The van der Waals surface area contributed by atoms with Gasteiger partial charge in [0.05, 0.1) is 5.56 Å². The lowest BCUT2D eigenvalue weighted by molar-refractivity contribution is 0.0993. The van der Waals surface area contributed by atoms with Gasteiger partial charge < -0.3 is 15.6 Å². The number of nitrogens with zero attached hydrogens (tertiary/aromatic N) is 2. The Morgan fingerprint density at radius 2 is 1.81 bits per heavy atom. The number of primary amides is 1. The second kappa shape index (κ2) is 6.57. The average molecular weight is 358 g/mol. The number of fused-ring (bicyclic) bond motifs is 3. The van der Waals surface area contributed by atoms with Crippen LogP contribution in [0.3, 0.4) is 0 Å². The lowest BCUT2D eigenvalue weighted by Crippen LogP contribution is -2.16. The third kappa shape index (κ3) is 2.91. The van der Waals surface area contributed by atoms with Gasteiger partial charge in [0.15, 0.2) is 0 Å². The number of aryl methyl sites for hydroxylation is 1. The molecule has 3 N–H and O–H groups in total. The summed E-state index contributed by atoms with van der Waals surface area (Å²) in [6, 6.07) is 17.1. The van der Waals surface area contributed by atoms with E-state index < -0.39 is 5.91 Å². The van der Waals surface area contributed by atoms with Crippen molar-refractivity contribution in [2.24, 2.45) is 5.73 Å². The second-order valence-corrected chi connectivity index (χ2v) is 6.24. The van der Waals surface area contributed by atoms with Gasteiger partial charge in [-0.15, -0.1) is 0 Å². The molecule has 0 aliphatic rings. The maximum Gasteiger partial charge on any atom is 0.274 e. The molecule has 0 aliphatic carbocycles. The Hall–Kier alpha value is -3.67. The highest BCUT2D eigenvalue weighted by Crippen LogP contribution is 2.31. The molecule has 4 aromatic rings. The van der Waals surface area contributed by atoms with Crippen molar-refractivity contribution in [1.82, 2.24) is 9.55 Å². The molecule has 0 unspecified atom stereocenters. The van der Waals surface area contributed by atoms with E-state index in [4.69, 9.17) is 5.73 Å². The van der Waals surface area contributed by atoms with Gasteiger partial charge in [-0.3, -0.25) is 14.6 Å². The number of amides is 2. The van der Waals surface area contributed by atoms with Crippen molar-refractivity contribution in [3.05, 3.63) is 72.1 Å². The zero-order chi connectivity index (χ0) is 19.0. The summed E-state index contributed by atoms with van der Waals surface area (Å²) in [5.41, 5.74) is 8.66. The van der Waals surface area contributed by atoms with Crippen LogP contribution < -0.4 is 11.1 Å². The summed E-state index contributed by atoms with van der Waals surface area (Å²) in [6.45, 7) is 2.98. The molecule has 6 heteroatoms. The SMILES string of the molecule is CCn1c2ccccc2c2cc(NC(=O)c3ccc(C(N)=O)cn3)ccc21. The van der Waals surface area contributed by atoms with Gasteiger partial charge >= 0.3 is 0 Å². The first kappa shape index (κ1) is 16.8. The van der Waals surface area contributed by atoms with E-state index in [2.05, 4.69) is 33.9 Å². The second-order valence-electron chi connectivity index (χ2n) is 6.24. The van der Waals surface area contributed by atoms with Crippen molar-refractivity contribution in [3.8, 4) is 0 Å². The molecule has 0 fully saturated rings. The predicted molar refractivity (Wildman–Crippen MR) is 106 cm³/mol. The molecule has 2 aromatic carbocycles. The smallest absolute Gasteiger partial charge is 0.274 e. The lowest BCUT2D eigenvalue weighted by Gasteiger charge is -2.07. The summed E-state index contributed by atoms with van der Waals surface area (Å²) < 4.78 is 2.25. The first-order valence-corrected chi connectivity index (χ1v) is 8.66. The van der Waals surface area contributed by atoms with Gasteiger partial charge in [0.2, 0.25) is 5.91 Å². The zero-order valence-electron chi connectivity index (χ0n) is 14.8. The van der Waals surface area contributed by atoms with Gasteiger partial charge in [-0.05, 0) is 43.3 Å². The number of benzene rings is 2. The molecule has 0 saturated heterocycles. The third-order valence-electron chi connectivity index (χ3n) is 4.63. The highest BCUT2D eigenvalue weighted by molar-refractivity contribution is 6.11. The minimum Gasteiger partial charge on any atom is -0.366 e. The number of nitrogens with two attached hydrogens (primary N) is 1. The Bertz CT molecular complexity index is 1180. The minimum absolute atomic E-state index is 0.219. The van der Waals surface area contributed by atoms with E-state index >= 15 is 0 Å². The maximum atomic E-state index is 12.5. The summed E-state index contributed by atoms with van der Waals surface area (Å²) in [5.74, 6) is -0.920. The molecule has 134 valence electrons. The highest BCUT2D eigenvalue weighted by Gasteiger charge is 2.12. The van der Waals surface area contributed by atoms with E-state index in [0.717, 1.165) is 22.8 Å². The predicted octanol–water partition coefficient (Wildman–Crippen LogP) is 3.56. The van der Waals surface area contributed by atoms with Gasteiger partial charge in [0.25, 0.3) is 5.91 Å². The number of pyridine rings is 1. The van der Waals surface area contributed by atoms with E-state index in [1.54, 1.807) is 0 Å². The van der Waals surface area contributed by atoms with E-state index in [9.17, 15) is 9.59 Å². The number of aromatic nitrogens is 2. The Kier molecular flexibility index (Phi) is 4.08. The fraction of sp³-hybridized carbons (Fsp3) is 0.0952. The lowest BCUT2D eigenvalue weighted by atomic mass is 10.1. The molecular weight excluding hydrogens is 340 g/mol. The summed E-state index contributed by atoms with van der Waals surface area (Å²) in [4.78, 5) is 27.6. The largest absolute Gasteiger partial charge is 0.366 e. The monoisotopic (exact) mass is 358 g/mol. The minimum atomic E-state index is -0.577. The number of anilines is 1. The standard InChI is InChI=1S/C21H18N4O2/c1-2-25-18-6-4-3-5-15(18)16-11-14(8-10-19(16)25)24-21(27)17-9-7-13(12-23-17)20(22)26/h3-12H,2H2,1H3,(H2,22,26)(H,24,27). The number of rotatable bonds is 4. The Balaban J connectivity index is 1.69. The van der Waals surface area contributed by atoms with Gasteiger partial charge in [-0.1, -0.05) is 18.2 Å². The average Bonchev–Trinajstić information content (AvgIpc) is 3.01. The summed E-state index contributed by atoms with van der Waals surface area (Å²) in [5, 5.41) is 5.10. The molecule has 2 heterocycles. The highest BCUT2D eigenvalue weighted by atomic mass is 16.2. The number of hydrogen-bond acceptors (Lipinski definition) is 3. The van der Waals surface area contributed by atoms with Crippen LogP contribution in [0.15, 0.2) is 60.8 Å². The third-order valence-corrected chi connectivity index (χ3v) is 4.63. The Morgan fingerprint density at radius 3 is 2.52 bits per heavy atom. The Morgan fingerprint density at radius 1 is 1.04 bits per heavy atom. The van der Waals surface area contributed by atoms with Crippen molar-refractivity contribution in [3.63, 3.8) is 0 Å². The number of carbonyl (C=O) groups is 2. The van der Waals surface area contributed by atoms with E-state index in [-0.39, 0.29) is 17.2 Å². The van der Waals surface area contributed by atoms with Crippen LogP contribution >= 0.6 is 0 Å². The van der Waals surface area contributed by atoms with Crippen molar-refractivity contribution < 1.29 is 9.59 Å². The van der Waals surface area contributed by atoms with Gasteiger partial charge in [0, 0.05) is 40.2 Å². The quantitative estimate of drug-likeness (QED) is 0.584. The zero-order valence-corrected chi connectivity index (χ0v) is 14.8. The first-order valence-electron chi connectivity index (χ1n) is 8.66. The maximum absolute atomic E-state index is 12.5. The van der Waals surface area contributed by atoms with Crippen LogP contribution in [0.5, 0.6) is 0 Å². The molecule has 2 amide bonds. The number of nitrogens with one attached hydrogen (secondary N) is 1. The number of hydrogen-bond donors (Lipinski definition) is 2. The van der Waals surface area contributed by atoms with E-state index in [1.807, 2.05) is 30.3 Å². The molecule has 0 atom stereocenters. The van der Waals surface area contributed by atoms with Crippen LogP contribution in [0.25, 0.3) is 21.8 Å². The van der Waals surface area contributed by atoms with Crippen molar-refractivity contribution >= 4 is 39.3 Å². The molecule has 4 rings (SSSR count). The van der Waals surface area contributed by atoms with Gasteiger partial charge in [-0.25, -0.2) is 0 Å². The van der Waals surface area contributed by atoms with Crippen molar-refractivity contribution in [1.29, 1.82) is 0 Å². The van der Waals surface area contributed by atoms with E-state index in [1.165, 1.54) is 23.8 Å². The molecule has 0 radical (unpaired) electrons. The first-order chi connectivity index (χ1) is 13.1. The summed E-state index contributed by atoms with van der Waals surface area (Å²) in [7, 11) is 0. The van der Waals surface area contributed by atoms with Crippen LogP contribution in [-0.4, -0.2) is 21.4 Å². The molecule has 0 spiro atoms. The van der Waals surface area contributed by atoms with Crippen LogP contribution in [0.4, 0.5) is 5.69 Å². The van der Waals surface area contributed by atoms with E-state index in [0.29, 0.717) is 5.69 Å². The van der Waals surface area contributed by atoms with Crippen LogP contribution in [0.1, 0.15) is 27.8 Å². The molecule has 0 bridgehead atoms. The normalized spacial score (nSPS) is 11.0. The fourth-order valence-electron chi connectivity index (χ4n) is 3.34. The van der Waals surface area contributed by atoms with Crippen LogP contribution in [-0.2, 0) is 6.54 Å². The molecule has 6 nitrogen and oxygen atoms in total. The Labute approximate surface area is 155 Å². The number of carbonyl (C=O) groups excluding carboxylic acids is 2. The summed E-state index contributed by atoms with van der Waals surface area (Å²) in [6.07, 6.45) is 1.30. The number of para-hydroxylation sites is 1. The molecule has 0 aliphatic heterocycles. The summed E-state index contributed by atoms with van der Waals surface area (Å²) >= 11 is 0. The molecule has 2 aromatic heterocycles. The van der Waals surface area contributed by atoms with Gasteiger partial charge in [-0.2, -0.15) is 0 Å². The molecular formula is C21H18N4O2. The topological polar surface area (TPSA) is 90.0 Å². The van der Waals surface area contributed by atoms with Crippen LogP contribution in [0.2, 0.25) is 0 Å². The van der Waals surface area contributed by atoms with Crippen molar-refractivity contribution in [2.45, 2.75) is 13.5 Å². The fourth-order valence-corrected chi connectivity index (χ4v) is 3.34. The molecule has 27 heavy (non-hydrogen) atoms.